The minimum atomic E-state index is -0.226. The highest BCUT2D eigenvalue weighted by Gasteiger charge is 2.11. The van der Waals surface area contributed by atoms with Crippen LogP contribution < -0.4 is 10.1 Å². The zero-order chi connectivity index (χ0) is 18.0. The van der Waals surface area contributed by atoms with Gasteiger partial charge in [0.05, 0.1) is 0 Å². The average Bonchev–Trinajstić information content (AvgIpc) is 3.20. The predicted octanol–water partition coefficient (Wildman–Crippen LogP) is 2.28. The van der Waals surface area contributed by atoms with Crippen LogP contribution >= 0.6 is 11.5 Å². The summed E-state index contributed by atoms with van der Waals surface area (Å²) in [6.07, 6.45) is 9.41. The Labute approximate surface area is 157 Å². The number of ether oxygens (including phenoxy) is 1. The molecule has 1 N–H and O–H groups in total. The van der Waals surface area contributed by atoms with Crippen LogP contribution in [-0.4, -0.2) is 51.6 Å². The van der Waals surface area contributed by atoms with Gasteiger partial charge in [0.2, 0.25) is 5.88 Å². The number of nitrogens with zero attached hydrogens (tertiary/aromatic N) is 4. The number of piperidine rings is 1. The lowest BCUT2D eigenvalue weighted by atomic mass is 10.1. The van der Waals surface area contributed by atoms with Crippen molar-refractivity contribution in [1.29, 1.82) is 0 Å². The molecule has 2 aromatic rings. The van der Waals surface area contributed by atoms with E-state index < -0.39 is 0 Å². The Bertz CT molecular complexity index is 714. The molecule has 1 amide bonds. The van der Waals surface area contributed by atoms with E-state index >= 15 is 0 Å². The second-order valence-corrected chi connectivity index (χ2v) is 6.73. The van der Waals surface area contributed by atoms with Gasteiger partial charge in [-0.3, -0.25) is 9.69 Å². The number of likely N-dealkylation sites (tertiary alicyclic amines) is 1. The van der Waals surface area contributed by atoms with Crippen molar-refractivity contribution in [2.24, 2.45) is 0 Å². The fraction of sp³-hybridized carbons (Fsp3) is 0.444. The smallest absolute Gasteiger partial charge is 0.272 e. The second-order valence-electron chi connectivity index (χ2n) is 6.12. The first-order chi connectivity index (χ1) is 12.8. The maximum atomic E-state index is 11.7. The molecule has 26 heavy (non-hydrogen) atoms. The van der Waals surface area contributed by atoms with E-state index in [2.05, 4.69) is 24.8 Å². The number of pyridine rings is 1. The molecule has 0 aromatic carbocycles. The highest BCUT2D eigenvalue weighted by molar-refractivity contribution is 7.03. The highest BCUT2D eigenvalue weighted by atomic mass is 32.1. The molecule has 0 unspecified atom stereocenters. The van der Waals surface area contributed by atoms with Gasteiger partial charge < -0.3 is 10.1 Å². The van der Waals surface area contributed by atoms with Gasteiger partial charge in [0.25, 0.3) is 5.91 Å². The number of hydrogen-bond acceptors (Lipinski definition) is 7. The molecular weight excluding hydrogens is 350 g/mol. The third-order valence-electron chi connectivity index (χ3n) is 4.12. The van der Waals surface area contributed by atoms with Crippen LogP contribution in [0.2, 0.25) is 0 Å². The van der Waals surface area contributed by atoms with E-state index in [-0.39, 0.29) is 5.91 Å². The van der Waals surface area contributed by atoms with Crippen LogP contribution in [0.1, 0.15) is 35.3 Å². The molecule has 0 aliphatic carbocycles. The lowest BCUT2D eigenvalue weighted by molar-refractivity contribution is 0.0953. The molecule has 1 aliphatic rings. The standard InChI is InChI=1S/C18H23N5O2S/c24-18(16-14-26-22-21-16)20-7-2-5-11-25-17-12-15(6-8-19-17)13-23-9-3-1-4-10-23/h2,5-6,8,12,14H,1,3-4,7,9-11,13H2,(H,20,24). The van der Waals surface area contributed by atoms with Crippen LogP contribution in [0.3, 0.4) is 0 Å². The van der Waals surface area contributed by atoms with Crippen molar-refractivity contribution >= 4 is 17.4 Å². The molecule has 2 aromatic heterocycles. The third-order valence-corrected chi connectivity index (χ3v) is 4.63. The summed E-state index contributed by atoms with van der Waals surface area (Å²) in [5.74, 6) is 0.401. The van der Waals surface area contributed by atoms with Crippen LogP contribution in [0.4, 0.5) is 0 Å². The van der Waals surface area contributed by atoms with E-state index in [1.165, 1.54) is 37.9 Å². The highest BCUT2D eigenvalue weighted by Crippen LogP contribution is 2.15. The molecule has 138 valence electrons. The summed E-state index contributed by atoms with van der Waals surface area (Å²) in [6.45, 7) is 4.12. The van der Waals surface area contributed by atoms with Gasteiger partial charge in [-0.15, -0.1) is 5.10 Å². The molecule has 0 bridgehead atoms. The fourth-order valence-corrected chi connectivity index (χ4v) is 3.23. The number of rotatable bonds is 8. The first-order valence-electron chi connectivity index (χ1n) is 8.81. The summed E-state index contributed by atoms with van der Waals surface area (Å²) in [6, 6.07) is 4.04. The Morgan fingerprint density at radius 1 is 1.31 bits per heavy atom. The molecule has 1 saturated heterocycles. The Morgan fingerprint density at radius 3 is 3.00 bits per heavy atom. The number of nitrogens with one attached hydrogen (secondary N) is 1. The molecule has 3 rings (SSSR count). The van der Waals surface area contributed by atoms with Gasteiger partial charge in [-0.05, 0) is 55.2 Å². The number of carbonyl (C=O) groups excluding carboxylic acids is 1. The van der Waals surface area contributed by atoms with E-state index in [1.54, 1.807) is 11.6 Å². The van der Waals surface area contributed by atoms with E-state index in [9.17, 15) is 4.79 Å². The van der Waals surface area contributed by atoms with Gasteiger partial charge in [-0.2, -0.15) is 0 Å². The van der Waals surface area contributed by atoms with Crippen LogP contribution in [0.5, 0.6) is 5.88 Å². The SMILES string of the molecule is O=C(NCC=CCOc1cc(CN2CCCCC2)ccn1)c1csnn1. The maximum Gasteiger partial charge on any atom is 0.272 e. The molecule has 0 radical (unpaired) electrons. The van der Waals surface area contributed by atoms with Crippen molar-refractivity contribution in [2.45, 2.75) is 25.8 Å². The van der Waals surface area contributed by atoms with Gasteiger partial charge in [0.1, 0.15) is 6.61 Å². The molecule has 1 aliphatic heterocycles. The van der Waals surface area contributed by atoms with Crippen LogP contribution in [0, 0.1) is 0 Å². The van der Waals surface area contributed by atoms with E-state index in [4.69, 9.17) is 4.74 Å². The van der Waals surface area contributed by atoms with Gasteiger partial charge in [0.15, 0.2) is 5.69 Å². The van der Waals surface area contributed by atoms with Gasteiger partial charge >= 0.3 is 0 Å². The van der Waals surface area contributed by atoms with Crippen LogP contribution in [-0.2, 0) is 6.54 Å². The van der Waals surface area contributed by atoms with Gasteiger partial charge in [-0.25, -0.2) is 4.98 Å². The summed E-state index contributed by atoms with van der Waals surface area (Å²) < 4.78 is 9.33. The molecule has 0 spiro atoms. The zero-order valence-electron chi connectivity index (χ0n) is 14.6. The Hall–Kier alpha value is -2.32. The Morgan fingerprint density at radius 2 is 2.19 bits per heavy atom. The van der Waals surface area contributed by atoms with Crippen molar-refractivity contribution < 1.29 is 9.53 Å². The lowest BCUT2D eigenvalue weighted by Gasteiger charge is -2.26. The predicted molar refractivity (Wildman–Crippen MR) is 100 cm³/mol. The van der Waals surface area contributed by atoms with Crippen LogP contribution in [0.15, 0.2) is 35.9 Å². The van der Waals surface area contributed by atoms with Crippen molar-refractivity contribution in [3.63, 3.8) is 0 Å². The third kappa shape index (κ3) is 5.89. The molecule has 1 fully saturated rings. The van der Waals surface area contributed by atoms with Crippen LogP contribution in [0.25, 0.3) is 0 Å². The quantitative estimate of drug-likeness (QED) is 0.715. The molecule has 7 nitrogen and oxygen atoms in total. The van der Waals surface area contributed by atoms with Crippen molar-refractivity contribution in [2.75, 3.05) is 26.2 Å². The normalized spacial score (nSPS) is 15.2. The van der Waals surface area contributed by atoms with Crippen molar-refractivity contribution in [3.05, 3.63) is 47.1 Å². The number of aromatic nitrogens is 3. The topological polar surface area (TPSA) is 80.2 Å². The molecule has 0 saturated carbocycles. The molecule has 3 heterocycles. The molecule has 8 heteroatoms. The van der Waals surface area contributed by atoms with Crippen molar-refractivity contribution in [1.82, 2.24) is 24.8 Å². The monoisotopic (exact) mass is 373 g/mol. The van der Waals surface area contributed by atoms with Crippen molar-refractivity contribution in [3.8, 4) is 5.88 Å². The summed E-state index contributed by atoms with van der Waals surface area (Å²) >= 11 is 1.15. The number of hydrogen-bond donors (Lipinski definition) is 1. The zero-order valence-corrected chi connectivity index (χ0v) is 15.5. The summed E-state index contributed by atoms with van der Waals surface area (Å²) in [5, 5.41) is 8.07. The summed E-state index contributed by atoms with van der Waals surface area (Å²) in [5.41, 5.74) is 1.57. The first-order valence-corrected chi connectivity index (χ1v) is 9.65. The van der Waals surface area contributed by atoms with Gasteiger partial charge in [-0.1, -0.05) is 17.0 Å². The largest absolute Gasteiger partial charge is 0.473 e. The number of carbonyl (C=O) groups is 1. The van der Waals surface area contributed by atoms with Gasteiger partial charge in [0, 0.05) is 30.7 Å². The maximum absolute atomic E-state index is 11.7. The first kappa shape index (κ1) is 18.5. The van der Waals surface area contributed by atoms with E-state index in [0.717, 1.165) is 18.1 Å². The minimum absolute atomic E-state index is 0.226. The Balaban J connectivity index is 1.37. The summed E-state index contributed by atoms with van der Waals surface area (Å²) in [7, 11) is 0. The molecular formula is C18H23N5O2S. The fourth-order valence-electron chi connectivity index (χ4n) is 2.79. The Kier molecular flexibility index (Phi) is 7.09. The summed E-state index contributed by atoms with van der Waals surface area (Å²) in [4.78, 5) is 18.4. The second kappa shape index (κ2) is 9.98. The number of amides is 1. The minimum Gasteiger partial charge on any atom is -0.473 e. The van der Waals surface area contributed by atoms with E-state index in [1.807, 2.05) is 24.3 Å². The average molecular weight is 373 g/mol. The van der Waals surface area contributed by atoms with E-state index in [0.29, 0.717) is 24.7 Å². The molecule has 0 atom stereocenters. The lowest BCUT2D eigenvalue weighted by Crippen LogP contribution is -2.29.